The maximum Gasteiger partial charge on any atom is 0.00949 e. The second-order valence-electron chi connectivity index (χ2n) is 5.22. The molecule has 0 spiro atoms. The van der Waals surface area contributed by atoms with Crippen molar-refractivity contribution >= 4 is 15.9 Å². The van der Waals surface area contributed by atoms with E-state index in [1.807, 2.05) is 0 Å². The number of hydrogen-bond donors (Lipinski definition) is 0. The summed E-state index contributed by atoms with van der Waals surface area (Å²) in [4.78, 5) is 2.43. The van der Waals surface area contributed by atoms with Crippen LogP contribution in [0.2, 0.25) is 0 Å². The van der Waals surface area contributed by atoms with Crippen molar-refractivity contribution in [2.24, 2.45) is 11.3 Å². The predicted octanol–water partition coefficient (Wildman–Crippen LogP) is 3.39. The molecule has 0 aromatic heterocycles. The van der Waals surface area contributed by atoms with Crippen LogP contribution >= 0.6 is 15.9 Å². The number of nitrogens with zero attached hydrogens (tertiary/aromatic N) is 1. The van der Waals surface area contributed by atoms with Crippen molar-refractivity contribution in [1.82, 2.24) is 4.90 Å². The summed E-state index contributed by atoms with van der Waals surface area (Å²) < 4.78 is 0. The van der Waals surface area contributed by atoms with Gasteiger partial charge in [0.15, 0.2) is 0 Å². The van der Waals surface area contributed by atoms with E-state index in [1.54, 1.807) is 0 Å². The summed E-state index contributed by atoms with van der Waals surface area (Å²) in [5.41, 5.74) is 0.395. The molecule has 80 valence electrons. The molecule has 0 N–H and O–H groups in total. The Kier molecular flexibility index (Phi) is 6.23. The topological polar surface area (TPSA) is 3.24 Å². The normalized spacial score (nSPS) is 12.9. The van der Waals surface area contributed by atoms with Crippen LogP contribution in [-0.2, 0) is 0 Å². The molecule has 0 aliphatic rings. The molecular formula is C11H24BrN. The second-order valence-corrected chi connectivity index (χ2v) is 5.78. The van der Waals surface area contributed by atoms with Crippen LogP contribution in [0, 0.1) is 11.3 Å². The summed E-state index contributed by atoms with van der Waals surface area (Å²) in [5.74, 6) is 0.814. The number of rotatable bonds is 6. The molecule has 0 aromatic carbocycles. The van der Waals surface area contributed by atoms with Crippen LogP contribution in [0.15, 0.2) is 0 Å². The molecule has 0 atom stereocenters. The first kappa shape index (κ1) is 13.4. The maximum absolute atomic E-state index is 3.55. The number of alkyl halides is 1. The van der Waals surface area contributed by atoms with Crippen molar-refractivity contribution in [2.75, 3.05) is 25.5 Å². The van der Waals surface area contributed by atoms with E-state index in [2.05, 4.69) is 55.6 Å². The molecule has 0 aromatic rings. The number of hydrogen-bond acceptors (Lipinski definition) is 1. The molecular weight excluding hydrogens is 226 g/mol. The van der Waals surface area contributed by atoms with Crippen molar-refractivity contribution < 1.29 is 0 Å². The predicted molar refractivity (Wildman–Crippen MR) is 64.5 cm³/mol. The lowest BCUT2D eigenvalue weighted by molar-refractivity contribution is 0.222. The molecule has 0 radical (unpaired) electrons. The van der Waals surface area contributed by atoms with Gasteiger partial charge in [-0.05, 0) is 31.3 Å². The Morgan fingerprint density at radius 3 is 2.23 bits per heavy atom. The minimum absolute atomic E-state index is 0.395. The summed E-state index contributed by atoms with van der Waals surface area (Å²) >= 11 is 3.55. The van der Waals surface area contributed by atoms with Crippen LogP contribution < -0.4 is 0 Å². The van der Waals surface area contributed by atoms with E-state index >= 15 is 0 Å². The van der Waals surface area contributed by atoms with Gasteiger partial charge in [-0.1, -0.05) is 43.6 Å². The molecule has 0 aliphatic heterocycles. The lowest BCUT2D eigenvalue weighted by Crippen LogP contribution is -2.33. The minimum atomic E-state index is 0.395. The van der Waals surface area contributed by atoms with Gasteiger partial charge in [0.1, 0.15) is 0 Å². The molecule has 2 heteroatoms. The van der Waals surface area contributed by atoms with Crippen molar-refractivity contribution in [3.63, 3.8) is 0 Å². The van der Waals surface area contributed by atoms with E-state index < -0.39 is 0 Å². The van der Waals surface area contributed by atoms with E-state index in [1.165, 1.54) is 19.5 Å². The van der Waals surface area contributed by atoms with E-state index in [9.17, 15) is 0 Å². The average Bonchev–Trinajstić information content (AvgIpc) is 2.00. The van der Waals surface area contributed by atoms with Crippen molar-refractivity contribution in [3.05, 3.63) is 0 Å². The van der Waals surface area contributed by atoms with Crippen LogP contribution in [0.3, 0.4) is 0 Å². The van der Waals surface area contributed by atoms with Gasteiger partial charge in [0.2, 0.25) is 0 Å². The van der Waals surface area contributed by atoms with Crippen molar-refractivity contribution in [1.29, 1.82) is 0 Å². The molecule has 1 nitrogen and oxygen atoms in total. The Morgan fingerprint density at radius 2 is 1.85 bits per heavy atom. The summed E-state index contributed by atoms with van der Waals surface area (Å²) in [7, 11) is 2.22. The molecule has 0 saturated heterocycles. The molecule has 0 heterocycles. The van der Waals surface area contributed by atoms with Gasteiger partial charge in [0, 0.05) is 11.9 Å². The van der Waals surface area contributed by atoms with Gasteiger partial charge in [-0.3, -0.25) is 0 Å². The zero-order valence-electron chi connectivity index (χ0n) is 9.73. The fourth-order valence-electron chi connectivity index (χ4n) is 1.33. The lowest BCUT2D eigenvalue weighted by atomic mass is 9.96. The highest BCUT2D eigenvalue weighted by Gasteiger charge is 2.18. The highest BCUT2D eigenvalue weighted by molar-refractivity contribution is 9.09. The molecule has 0 rings (SSSR count). The largest absolute Gasteiger partial charge is 0.306 e. The summed E-state index contributed by atoms with van der Waals surface area (Å²) in [6, 6.07) is 0. The zero-order chi connectivity index (χ0) is 10.5. The van der Waals surface area contributed by atoms with E-state index in [4.69, 9.17) is 0 Å². The molecule has 0 fully saturated rings. The Labute approximate surface area is 92.0 Å². The van der Waals surface area contributed by atoms with Crippen LogP contribution in [0.4, 0.5) is 0 Å². The van der Waals surface area contributed by atoms with Gasteiger partial charge >= 0.3 is 0 Å². The van der Waals surface area contributed by atoms with Crippen LogP contribution in [0.5, 0.6) is 0 Å². The highest BCUT2D eigenvalue weighted by Crippen LogP contribution is 2.19. The van der Waals surface area contributed by atoms with Crippen LogP contribution in [-0.4, -0.2) is 30.4 Å². The molecule has 0 aliphatic carbocycles. The van der Waals surface area contributed by atoms with Crippen molar-refractivity contribution in [3.8, 4) is 0 Å². The van der Waals surface area contributed by atoms with Gasteiger partial charge in [0.25, 0.3) is 0 Å². The van der Waals surface area contributed by atoms with E-state index in [0.29, 0.717) is 5.41 Å². The smallest absolute Gasteiger partial charge is 0.00949 e. The second kappa shape index (κ2) is 6.02. The minimum Gasteiger partial charge on any atom is -0.306 e. The van der Waals surface area contributed by atoms with Crippen molar-refractivity contribution in [2.45, 2.75) is 34.1 Å². The third-order valence-corrected chi connectivity index (χ3v) is 3.67. The van der Waals surface area contributed by atoms with Gasteiger partial charge in [0.05, 0.1) is 0 Å². The third-order valence-electron chi connectivity index (χ3n) is 2.15. The monoisotopic (exact) mass is 249 g/mol. The van der Waals surface area contributed by atoms with Gasteiger partial charge < -0.3 is 4.90 Å². The van der Waals surface area contributed by atoms with Gasteiger partial charge in [-0.25, -0.2) is 0 Å². The first-order valence-electron chi connectivity index (χ1n) is 5.12. The van der Waals surface area contributed by atoms with E-state index in [0.717, 1.165) is 11.2 Å². The Balaban J connectivity index is 3.67. The lowest BCUT2D eigenvalue weighted by Gasteiger charge is -2.28. The van der Waals surface area contributed by atoms with Crippen LogP contribution in [0.25, 0.3) is 0 Å². The fourth-order valence-corrected chi connectivity index (χ4v) is 1.51. The van der Waals surface area contributed by atoms with Gasteiger partial charge in [-0.15, -0.1) is 0 Å². The average molecular weight is 250 g/mol. The van der Waals surface area contributed by atoms with E-state index in [-0.39, 0.29) is 0 Å². The molecule has 0 unspecified atom stereocenters. The molecule has 13 heavy (non-hydrogen) atoms. The number of halogens is 1. The fraction of sp³-hybridized carbons (Fsp3) is 1.00. The summed E-state index contributed by atoms with van der Waals surface area (Å²) in [6.45, 7) is 11.5. The Morgan fingerprint density at radius 1 is 1.31 bits per heavy atom. The SMILES string of the molecule is CC(C)CCN(C)CC(C)(C)CBr. The van der Waals surface area contributed by atoms with Crippen LogP contribution in [0.1, 0.15) is 34.1 Å². The molecule has 0 saturated carbocycles. The highest BCUT2D eigenvalue weighted by atomic mass is 79.9. The third kappa shape index (κ3) is 7.51. The quantitative estimate of drug-likeness (QED) is 0.653. The standard InChI is InChI=1S/C11H24BrN/c1-10(2)6-7-13(5)9-11(3,4)8-12/h10H,6-9H2,1-5H3. The molecule has 0 bridgehead atoms. The summed E-state index contributed by atoms with van der Waals surface area (Å²) in [5, 5.41) is 1.08. The molecule has 0 amide bonds. The Bertz CT molecular complexity index is 132. The first-order chi connectivity index (χ1) is 5.87. The summed E-state index contributed by atoms with van der Waals surface area (Å²) in [6.07, 6.45) is 1.30. The zero-order valence-corrected chi connectivity index (χ0v) is 11.3. The first-order valence-corrected chi connectivity index (χ1v) is 6.24. The van der Waals surface area contributed by atoms with Gasteiger partial charge in [-0.2, -0.15) is 0 Å². The maximum atomic E-state index is 3.55. The Hall–Kier alpha value is 0.440.